The van der Waals surface area contributed by atoms with E-state index in [0.717, 1.165) is 62.6 Å². The summed E-state index contributed by atoms with van der Waals surface area (Å²) in [5, 5.41) is 5.26. The van der Waals surface area contributed by atoms with Gasteiger partial charge >= 0.3 is 5.69 Å². The number of rotatable bonds is 7. The Balaban J connectivity index is 1.72. The fourth-order valence-corrected chi connectivity index (χ4v) is 5.94. The van der Waals surface area contributed by atoms with E-state index in [-0.39, 0.29) is 24.7 Å². The Bertz CT molecular complexity index is 1680. The zero-order chi connectivity index (χ0) is 30.3. The first-order valence-electron chi connectivity index (χ1n) is 15.1. The summed E-state index contributed by atoms with van der Waals surface area (Å²) >= 11 is 0. The summed E-state index contributed by atoms with van der Waals surface area (Å²) in [5.74, 6) is 5.79. The Kier molecular flexibility index (Phi) is 9.62. The molecular weight excluding hydrogens is 542 g/mol. The van der Waals surface area contributed by atoms with Gasteiger partial charge < -0.3 is 20.0 Å². The summed E-state index contributed by atoms with van der Waals surface area (Å²) in [4.78, 5) is 53.0. The second-order valence-corrected chi connectivity index (χ2v) is 11.2. The number of hydrogen-bond donors (Lipinski definition) is 1. The van der Waals surface area contributed by atoms with Gasteiger partial charge in [0.25, 0.3) is 11.5 Å². The summed E-state index contributed by atoms with van der Waals surface area (Å²) in [6.45, 7) is 6.52. The van der Waals surface area contributed by atoms with Crippen molar-refractivity contribution in [2.75, 3.05) is 57.8 Å². The highest BCUT2D eigenvalue weighted by Gasteiger charge is 2.30. The van der Waals surface area contributed by atoms with Crippen molar-refractivity contribution in [1.82, 2.24) is 29.2 Å². The van der Waals surface area contributed by atoms with E-state index in [0.29, 0.717) is 30.1 Å². The van der Waals surface area contributed by atoms with E-state index in [1.807, 2.05) is 41.4 Å². The predicted molar refractivity (Wildman–Crippen MR) is 171 cm³/mol. The summed E-state index contributed by atoms with van der Waals surface area (Å²) in [6, 6.07) is 9.70. The van der Waals surface area contributed by atoms with Gasteiger partial charge in [0.05, 0.1) is 30.1 Å². The number of nitrogens with one attached hydrogen (secondary N) is 1. The topological polar surface area (TPSA) is 95.7 Å². The number of amides is 1. The molecule has 2 saturated heterocycles. The van der Waals surface area contributed by atoms with Gasteiger partial charge in [-0.25, -0.2) is 4.79 Å². The van der Waals surface area contributed by atoms with E-state index in [2.05, 4.69) is 27.0 Å². The Morgan fingerprint density at radius 1 is 1.05 bits per heavy atom. The molecule has 0 bridgehead atoms. The van der Waals surface area contributed by atoms with Gasteiger partial charge in [0.1, 0.15) is 5.69 Å². The van der Waals surface area contributed by atoms with Crippen LogP contribution >= 0.6 is 0 Å². The van der Waals surface area contributed by atoms with Crippen LogP contribution in [0, 0.1) is 11.8 Å². The molecule has 1 aromatic carbocycles. The summed E-state index contributed by atoms with van der Waals surface area (Å²) in [6.07, 6.45) is 7.45. The van der Waals surface area contributed by atoms with Crippen LogP contribution in [0.4, 0.5) is 5.69 Å². The number of pyridine rings is 1. The minimum atomic E-state index is -0.497. The van der Waals surface area contributed by atoms with Crippen LogP contribution in [0.3, 0.4) is 0 Å². The molecule has 2 aliphatic heterocycles. The molecule has 1 N–H and O–H groups in total. The lowest BCUT2D eigenvalue weighted by Gasteiger charge is -2.31. The number of nitrogens with zero attached hydrogens (tertiary/aromatic N) is 6. The number of anilines is 1. The molecule has 0 saturated carbocycles. The van der Waals surface area contributed by atoms with Crippen molar-refractivity contribution in [3.05, 3.63) is 75.0 Å². The van der Waals surface area contributed by atoms with Crippen molar-refractivity contribution in [1.29, 1.82) is 0 Å². The Morgan fingerprint density at radius 3 is 2.63 bits per heavy atom. The molecule has 43 heavy (non-hydrogen) atoms. The van der Waals surface area contributed by atoms with Crippen LogP contribution in [0.5, 0.6) is 0 Å². The van der Waals surface area contributed by atoms with E-state index < -0.39 is 11.2 Å². The SMILES string of the molecule is CC#CCN(C)c1c(/C(=C/N2CCCNCC2)C(=O)N2CCCCC2)n(C)c(=O)n(Cc2nccc3ccccc23)c1=O. The molecule has 4 heterocycles. The highest BCUT2D eigenvalue weighted by molar-refractivity contribution is 6.20. The molecule has 0 spiro atoms. The van der Waals surface area contributed by atoms with Crippen LogP contribution in [0.2, 0.25) is 0 Å². The third-order valence-electron chi connectivity index (χ3n) is 8.28. The fourth-order valence-electron chi connectivity index (χ4n) is 5.94. The zero-order valence-electron chi connectivity index (χ0n) is 25.4. The highest BCUT2D eigenvalue weighted by Crippen LogP contribution is 2.27. The minimum absolute atomic E-state index is 0.00432. The van der Waals surface area contributed by atoms with E-state index in [4.69, 9.17) is 0 Å². The van der Waals surface area contributed by atoms with E-state index in [1.54, 1.807) is 32.1 Å². The summed E-state index contributed by atoms with van der Waals surface area (Å²) in [7, 11) is 3.43. The normalized spacial score (nSPS) is 16.0. The first kappa shape index (κ1) is 30.1. The third kappa shape index (κ3) is 6.52. The van der Waals surface area contributed by atoms with Crippen LogP contribution in [-0.4, -0.2) is 82.7 Å². The maximum Gasteiger partial charge on any atom is 0.331 e. The molecule has 0 atom stereocenters. The molecule has 2 fully saturated rings. The van der Waals surface area contributed by atoms with E-state index >= 15 is 0 Å². The fraction of sp³-hybridized carbons (Fsp3) is 0.455. The van der Waals surface area contributed by atoms with Crippen LogP contribution in [0.15, 0.2) is 52.3 Å². The van der Waals surface area contributed by atoms with Gasteiger partial charge in [-0.05, 0) is 50.6 Å². The van der Waals surface area contributed by atoms with Gasteiger partial charge in [-0.3, -0.25) is 23.7 Å². The average molecular weight is 584 g/mol. The van der Waals surface area contributed by atoms with Crippen LogP contribution in [-0.2, 0) is 18.4 Å². The van der Waals surface area contributed by atoms with Crippen molar-refractivity contribution in [3.8, 4) is 11.8 Å². The van der Waals surface area contributed by atoms with Crippen molar-refractivity contribution in [3.63, 3.8) is 0 Å². The zero-order valence-corrected chi connectivity index (χ0v) is 25.4. The van der Waals surface area contributed by atoms with Crippen molar-refractivity contribution in [2.24, 2.45) is 7.05 Å². The quantitative estimate of drug-likeness (QED) is 0.337. The number of likely N-dealkylation sites (tertiary alicyclic amines) is 1. The minimum Gasteiger partial charge on any atom is -0.375 e. The molecule has 226 valence electrons. The second-order valence-electron chi connectivity index (χ2n) is 11.2. The molecule has 2 aromatic heterocycles. The largest absolute Gasteiger partial charge is 0.375 e. The Morgan fingerprint density at radius 2 is 1.84 bits per heavy atom. The molecule has 10 heteroatoms. The maximum atomic E-state index is 14.4. The Labute approximate surface area is 252 Å². The standard InChI is InChI=1S/C33H41N7O3/c1-4-5-18-36(2)30-29(27(23-38-19-11-15-34-17-22-38)31(41)39-20-9-6-10-21-39)37(3)33(43)40(32(30)42)24-28-26-13-8-7-12-25(26)14-16-35-28/h7-8,12-14,16,23,34H,6,9-11,15,17-22,24H2,1-3H3/b27-23-. The number of hydrogen-bond acceptors (Lipinski definition) is 7. The summed E-state index contributed by atoms with van der Waals surface area (Å²) < 4.78 is 2.68. The lowest BCUT2D eigenvalue weighted by Crippen LogP contribution is -2.46. The van der Waals surface area contributed by atoms with E-state index in [9.17, 15) is 14.4 Å². The van der Waals surface area contributed by atoms with Gasteiger partial charge in [0, 0.05) is 64.6 Å². The molecule has 1 amide bonds. The average Bonchev–Trinajstić information content (AvgIpc) is 3.31. The second kappa shape index (κ2) is 13.7. The van der Waals surface area contributed by atoms with Gasteiger partial charge in [-0.1, -0.05) is 30.2 Å². The van der Waals surface area contributed by atoms with Crippen LogP contribution in [0.1, 0.15) is 44.0 Å². The van der Waals surface area contributed by atoms with Gasteiger partial charge in [0.2, 0.25) is 0 Å². The number of carbonyl (C=O) groups excluding carboxylic acids is 1. The summed E-state index contributed by atoms with van der Waals surface area (Å²) in [5.41, 5.74) is 0.623. The van der Waals surface area contributed by atoms with Crippen molar-refractivity contribution < 1.29 is 4.79 Å². The molecule has 2 aliphatic rings. The molecular formula is C33H41N7O3. The van der Waals surface area contributed by atoms with Gasteiger partial charge in [-0.15, -0.1) is 5.92 Å². The number of fused-ring (bicyclic) bond motifs is 1. The van der Waals surface area contributed by atoms with Crippen molar-refractivity contribution in [2.45, 2.75) is 39.2 Å². The van der Waals surface area contributed by atoms with Crippen LogP contribution < -0.4 is 21.5 Å². The number of aromatic nitrogens is 3. The smallest absolute Gasteiger partial charge is 0.331 e. The highest BCUT2D eigenvalue weighted by atomic mass is 16.2. The maximum absolute atomic E-state index is 14.4. The first-order chi connectivity index (χ1) is 20.9. The first-order valence-corrected chi connectivity index (χ1v) is 15.1. The lowest BCUT2D eigenvalue weighted by atomic mass is 10.1. The molecule has 3 aromatic rings. The monoisotopic (exact) mass is 583 g/mol. The van der Waals surface area contributed by atoms with Crippen LogP contribution in [0.25, 0.3) is 16.3 Å². The van der Waals surface area contributed by atoms with Crippen molar-refractivity contribution >= 4 is 27.9 Å². The predicted octanol–water partition coefficient (Wildman–Crippen LogP) is 2.25. The number of piperidine rings is 1. The molecule has 0 radical (unpaired) electrons. The third-order valence-corrected chi connectivity index (χ3v) is 8.28. The molecule has 5 rings (SSSR count). The molecule has 0 unspecified atom stereocenters. The number of carbonyl (C=O) groups is 1. The molecule has 0 aliphatic carbocycles. The Hall–Kier alpha value is -4.36. The number of benzene rings is 1. The lowest BCUT2D eigenvalue weighted by molar-refractivity contribution is -0.125. The van der Waals surface area contributed by atoms with E-state index in [1.165, 1.54) is 9.13 Å². The van der Waals surface area contributed by atoms with Gasteiger partial charge in [0.15, 0.2) is 0 Å². The molecule has 10 nitrogen and oxygen atoms in total. The van der Waals surface area contributed by atoms with Gasteiger partial charge in [-0.2, -0.15) is 0 Å².